The van der Waals surface area contributed by atoms with Crippen LogP contribution in [0.15, 0.2) is 73.4 Å². The molecular weight excluding hydrogens is 392 g/mol. The number of nitrogens with one attached hydrogen (secondary N) is 1. The van der Waals surface area contributed by atoms with Gasteiger partial charge in [0.2, 0.25) is 5.88 Å². The van der Waals surface area contributed by atoms with Crippen molar-refractivity contribution in [2.75, 3.05) is 0 Å². The van der Waals surface area contributed by atoms with Gasteiger partial charge in [-0.05, 0) is 24.6 Å². The number of aromatic amines is 1. The van der Waals surface area contributed by atoms with E-state index in [4.69, 9.17) is 0 Å². The van der Waals surface area contributed by atoms with Crippen LogP contribution < -0.4 is 0 Å². The number of benzene rings is 2. The summed E-state index contributed by atoms with van der Waals surface area (Å²) in [5.41, 5.74) is 3.61. The van der Waals surface area contributed by atoms with E-state index in [1.54, 1.807) is 35.3 Å². The molecule has 0 fully saturated rings. The predicted octanol–water partition coefficient (Wildman–Crippen LogP) is 4.71. The van der Waals surface area contributed by atoms with Gasteiger partial charge in [0.1, 0.15) is 5.75 Å². The van der Waals surface area contributed by atoms with E-state index in [-0.39, 0.29) is 17.4 Å². The minimum absolute atomic E-state index is 0.118. The standard InChI is InChI=1S/C24H22N4O3/c29-17-6-3-5-16(13-17)22-21(19-14-26-20-8-2-1-7-18(19)20)23(30)24(31)28(22)11-4-10-27-12-9-25-15-27/h1-3,5-9,12-15,26,29-31H,4,10-11H2. The Balaban J connectivity index is 1.66. The molecule has 31 heavy (non-hydrogen) atoms. The summed E-state index contributed by atoms with van der Waals surface area (Å²) in [4.78, 5) is 7.29. The van der Waals surface area contributed by atoms with Gasteiger partial charge in [0.15, 0.2) is 5.75 Å². The molecular formula is C24H22N4O3. The highest BCUT2D eigenvalue weighted by Gasteiger charge is 2.26. The fraction of sp³-hybridized carbons (Fsp3) is 0.125. The highest BCUT2D eigenvalue weighted by molar-refractivity contribution is 6.02. The number of aromatic hydroxyl groups is 3. The van der Waals surface area contributed by atoms with E-state index in [1.165, 1.54) is 0 Å². The second kappa shape index (κ2) is 7.60. The third-order valence-electron chi connectivity index (χ3n) is 5.55. The van der Waals surface area contributed by atoms with Crippen LogP contribution in [0.5, 0.6) is 17.4 Å². The molecule has 0 saturated carbocycles. The van der Waals surface area contributed by atoms with Crippen molar-refractivity contribution in [3.63, 3.8) is 0 Å². The molecule has 4 N–H and O–H groups in total. The number of aryl methyl sites for hydroxylation is 1. The van der Waals surface area contributed by atoms with Gasteiger partial charge in [0.05, 0.1) is 17.6 Å². The van der Waals surface area contributed by atoms with Crippen molar-refractivity contribution in [2.45, 2.75) is 19.5 Å². The molecule has 0 amide bonds. The Labute approximate surface area is 178 Å². The molecule has 7 heteroatoms. The average Bonchev–Trinajstić information content (AvgIpc) is 3.49. The summed E-state index contributed by atoms with van der Waals surface area (Å²) in [6, 6.07) is 14.7. The van der Waals surface area contributed by atoms with Crippen molar-refractivity contribution in [3.8, 4) is 39.8 Å². The zero-order valence-corrected chi connectivity index (χ0v) is 16.7. The fourth-order valence-electron chi connectivity index (χ4n) is 4.13. The SMILES string of the molecule is Oc1cccc(-c2c(-c3c[nH]c4ccccc34)c(O)c(O)n2CCCn2ccnc2)c1. The lowest BCUT2D eigenvalue weighted by atomic mass is 10.00. The number of fused-ring (bicyclic) bond motifs is 1. The number of nitrogens with zero attached hydrogens (tertiary/aromatic N) is 3. The summed E-state index contributed by atoms with van der Waals surface area (Å²) >= 11 is 0. The van der Waals surface area contributed by atoms with E-state index in [0.29, 0.717) is 23.4 Å². The molecule has 0 aliphatic heterocycles. The monoisotopic (exact) mass is 414 g/mol. The highest BCUT2D eigenvalue weighted by atomic mass is 16.3. The van der Waals surface area contributed by atoms with Crippen LogP contribution in [0.2, 0.25) is 0 Å². The molecule has 2 aromatic carbocycles. The van der Waals surface area contributed by atoms with E-state index in [9.17, 15) is 15.3 Å². The van der Waals surface area contributed by atoms with E-state index >= 15 is 0 Å². The van der Waals surface area contributed by atoms with Crippen LogP contribution >= 0.6 is 0 Å². The number of aromatic nitrogens is 4. The van der Waals surface area contributed by atoms with Crippen molar-refractivity contribution < 1.29 is 15.3 Å². The summed E-state index contributed by atoms with van der Waals surface area (Å²) < 4.78 is 3.67. The Kier molecular flexibility index (Phi) is 4.63. The van der Waals surface area contributed by atoms with Gasteiger partial charge in [-0.1, -0.05) is 30.3 Å². The van der Waals surface area contributed by atoms with Gasteiger partial charge < -0.3 is 29.4 Å². The maximum atomic E-state index is 11.0. The lowest BCUT2D eigenvalue weighted by molar-refractivity contribution is 0.368. The van der Waals surface area contributed by atoms with Crippen molar-refractivity contribution in [1.29, 1.82) is 0 Å². The Hall–Kier alpha value is -4.13. The van der Waals surface area contributed by atoms with Gasteiger partial charge >= 0.3 is 0 Å². The lowest BCUT2D eigenvalue weighted by Crippen LogP contribution is -2.04. The zero-order valence-electron chi connectivity index (χ0n) is 16.7. The Morgan fingerprint density at radius 1 is 0.968 bits per heavy atom. The maximum Gasteiger partial charge on any atom is 0.235 e. The number of imidazole rings is 1. The first-order valence-electron chi connectivity index (χ1n) is 10.1. The Morgan fingerprint density at radius 3 is 2.65 bits per heavy atom. The zero-order chi connectivity index (χ0) is 21.4. The molecule has 0 atom stereocenters. The Bertz CT molecular complexity index is 1350. The van der Waals surface area contributed by atoms with Gasteiger partial charge in [0.25, 0.3) is 0 Å². The molecule has 0 saturated heterocycles. The number of rotatable bonds is 6. The number of phenolic OH excluding ortho intramolecular Hbond substituents is 1. The number of H-pyrrole nitrogens is 1. The number of para-hydroxylation sites is 1. The maximum absolute atomic E-state index is 11.0. The van der Waals surface area contributed by atoms with Gasteiger partial charge in [-0.15, -0.1) is 0 Å². The molecule has 3 heterocycles. The van der Waals surface area contributed by atoms with Crippen molar-refractivity contribution in [1.82, 2.24) is 19.1 Å². The van der Waals surface area contributed by atoms with E-state index in [1.807, 2.05) is 47.3 Å². The quantitative estimate of drug-likeness (QED) is 0.323. The van der Waals surface area contributed by atoms with Crippen molar-refractivity contribution in [2.24, 2.45) is 0 Å². The van der Waals surface area contributed by atoms with Crippen LogP contribution in [-0.4, -0.2) is 34.4 Å². The first kappa shape index (κ1) is 18.9. The van der Waals surface area contributed by atoms with Crippen LogP contribution in [-0.2, 0) is 13.1 Å². The van der Waals surface area contributed by atoms with E-state index in [0.717, 1.165) is 29.4 Å². The third-order valence-corrected chi connectivity index (χ3v) is 5.55. The number of hydrogen-bond acceptors (Lipinski definition) is 4. The van der Waals surface area contributed by atoms with E-state index < -0.39 is 0 Å². The molecule has 3 aromatic heterocycles. The van der Waals surface area contributed by atoms with Crippen molar-refractivity contribution in [3.05, 3.63) is 73.4 Å². The molecule has 5 rings (SSSR count). The Morgan fingerprint density at radius 2 is 1.84 bits per heavy atom. The second-order valence-corrected chi connectivity index (χ2v) is 7.50. The summed E-state index contributed by atoms with van der Waals surface area (Å²) in [5, 5.41) is 32.9. The smallest absolute Gasteiger partial charge is 0.235 e. The first-order chi connectivity index (χ1) is 15.1. The predicted molar refractivity (Wildman–Crippen MR) is 119 cm³/mol. The van der Waals surface area contributed by atoms with Crippen molar-refractivity contribution >= 4 is 10.9 Å². The molecule has 7 nitrogen and oxygen atoms in total. The summed E-state index contributed by atoms with van der Waals surface area (Å²) in [7, 11) is 0. The summed E-state index contributed by atoms with van der Waals surface area (Å²) in [6.45, 7) is 1.20. The van der Waals surface area contributed by atoms with Crippen LogP contribution in [0.25, 0.3) is 33.3 Å². The van der Waals surface area contributed by atoms with Crippen LogP contribution in [0.4, 0.5) is 0 Å². The number of hydrogen-bond donors (Lipinski definition) is 4. The minimum Gasteiger partial charge on any atom is -0.508 e. The van der Waals surface area contributed by atoms with Gasteiger partial charge in [0, 0.05) is 53.7 Å². The minimum atomic E-state index is -0.191. The average molecular weight is 414 g/mol. The first-order valence-corrected chi connectivity index (χ1v) is 10.1. The molecule has 5 aromatic rings. The topological polar surface area (TPSA) is 99.2 Å². The summed E-state index contributed by atoms with van der Waals surface area (Å²) in [5.74, 6) is -0.248. The van der Waals surface area contributed by atoms with Gasteiger partial charge in [-0.25, -0.2) is 4.98 Å². The van der Waals surface area contributed by atoms with Gasteiger partial charge in [-0.2, -0.15) is 0 Å². The highest BCUT2D eigenvalue weighted by Crippen LogP contribution is 2.49. The molecule has 156 valence electrons. The molecule has 0 bridgehead atoms. The third kappa shape index (κ3) is 3.30. The molecule has 0 aliphatic rings. The molecule has 0 aliphatic carbocycles. The largest absolute Gasteiger partial charge is 0.508 e. The molecule has 0 spiro atoms. The molecule has 0 radical (unpaired) electrons. The normalized spacial score (nSPS) is 11.4. The van der Waals surface area contributed by atoms with Crippen LogP contribution in [0.3, 0.4) is 0 Å². The molecule has 0 unspecified atom stereocenters. The van der Waals surface area contributed by atoms with Crippen LogP contribution in [0.1, 0.15) is 6.42 Å². The van der Waals surface area contributed by atoms with Gasteiger partial charge in [-0.3, -0.25) is 0 Å². The van der Waals surface area contributed by atoms with Crippen LogP contribution in [0, 0.1) is 0 Å². The lowest BCUT2D eigenvalue weighted by Gasteiger charge is -2.13. The van der Waals surface area contributed by atoms with E-state index in [2.05, 4.69) is 9.97 Å². The summed E-state index contributed by atoms with van der Waals surface area (Å²) in [6.07, 6.45) is 7.92. The number of phenols is 1. The fourth-order valence-corrected chi connectivity index (χ4v) is 4.13. The second-order valence-electron chi connectivity index (χ2n) is 7.50.